The zero-order valence-corrected chi connectivity index (χ0v) is 21.6. The Balaban J connectivity index is 1.39. The quantitative estimate of drug-likeness (QED) is 0.248. The van der Waals surface area contributed by atoms with Gasteiger partial charge in [0.1, 0.15) is 0 Å². The average Bonchev–Trinajstić information content (AvgIpc) is 3.24. The highest BCUT2D eigenvalue weighted by Crippen LogP contribution is 2.27. The third-order valence-corrected chi connectivity index (χ3v) is 6.40. The highest BCUT2D eigenvalue weighted by atomic mass is 35.5. The van der Waals surface area contributed by atoms with Crippen LogP contribution in [0.15, 0.2) is 66.7 Å². The van der Waals surface area contributed by atoms with Crippen molar-refractivity contribution in [3.8, 4) is 11.4 Å². The van der Waals surface area contributed by atoms with Gasteiger partial charge >= 0.3 is 6.03 Å². The highest BCUT2D eigenvalue weighted by Gasteiger charge is 2.10. The van der Waals surface area contributed by atoms with Gasteiger partial charge in [-0.05, 0) is 79.1 Å². The monoisotopic (exact) mass is 519 g/mol. The minimum Gasteiger partial charge on any atom is -0.311 e. The number of aromatic nitrogens is 3. The van der Waals surface area contributed by atoms with Crippen molar-refractivity contribution in [2.24, 2.45) is 7.05 Å². The molecule has 0 fully saturated rings. The van der Waals surface area contributed by atoms with Crippen LogP contribution in [0, 0.1) is 0 Å². The number of carbonyl (C=O) groups is 1. The fourth-order valence-corrected chi connectivity index (χ4v) is 4.22. The third kappa shape index (κ3) is 6.33. The molecular weight excluding hydrogens is 493 g/mol. The Kier molecular flexibility index (Phi) is 8.41. The van der Waals surface area contributed by atoms with Gasteiger partial charge in [0.05, 0.1) is 0 Å². The number of rotatable bonds is 8. The van der Waals surface area contributed by atoms with Gasteiger partial charge in [-0.3, -0.25) is 0 Å². The minimum absolute atomic E-state index is 0.298. The van der Waals surface area contributed by atoms with Gasteiger partial charge in [-0.15, -0.1) is 10.2 Å². The molecule has 1 heterocycles. The van der Waals surface area contributed by atoms with E-state index < -0.39 is 0 Å². The normalized spacial score (nSPS) is 11.1. The lowest BCUT2D eigenvalue weighted by molar-refractivity contribution is 0.262. The molecule has 0 unspecified atom stereocenters. The topological polar surface area (TPSA) is 71.8 Å². The van der Waals surface area contributed by atoms with Crippen molar-refractivity contribution >= 4 is 52.8 Å². The van der Waals surface area contributed by atoms with E-state index in [0.717, 1.165) is 36.1 Å². The van der Waals surface area contributed by atoms with Crippen LogP contribution >= 0.6 is 23.2 Å². The van der Waals surface area contributed by atoms with Gasteiger partial charge in [-0.25, -0.2) is 4.79 Å². The van der Waals surface area contributed by atoms with E-state index >= 15 is 0 Å². The number of benzene rings is 3. The number of halogens is 2. The van der Waals surface area contributed by atoms with Crippen molar-refractivity contribution in [2.45, 2.75) is 26.2 Å². The van der Waals surface area contributed by atoms with Crippen LogP contribution in [-0.2, 0) is 13.5 Å². The number of nitrogens with one attached hydrogen (secondary N) is 2. The molecule has 4 aromatic rings. The Labute approximate surface area is 221 Å². The molecule has 0 radical (unpaired) electrons. The number of urea groups is 1. The van der Waals surface area contributed by atoms with Gasteiger partial charge in [0.15, 0.2) is 11.6 Å². The average molecular weight is 520 g/mol. The van der Waals surface area contributed by atoms with Gasteiger partial charge in [0, 0.05) is 39.6 Å². The van der Waals surface area contributed by atoms with E-state index in [-0.39, 0.29) is 6.03 Å². The van der Waals surface area contributed by atoms with Crippen LogP contribution in [0.2, 0.25) is 10.0 Å². The Morgan fingerprint density at radius 3 is 2.11 bits per heavy atom. The Hall–Kier alpha value is -3.61. The molecule has 2 N–H and O–H groups in total. The third-order valence-electron chi connectivity index (χ3n) is 5.74. The van der Waals surface area contributed by atoms with Gasteiger partial charge in [0.25, 0.3) is 0 Å². The summed E-state index contributed by atoms with van der Waals surface area (Å²) in [5.41, 5.74) is 4.29. The first kappa shape index (κ1) is 25.5. The molecule has 1 aromatic heterocycles. The summed E-state index contributed by atoms with van der Waals surface area (Å²) < 4.78 is 1.88. The lowest BCUT2D eigenvalue weighted by Gasteiger charge is -2.09. The Bertz CT molecular complexity index is 1340. The van der Waals surface area contributed by atoms with Crippen molar-refractivity contribution in [3.05, 3.63) is 93.7 Å². The molecule has 36 heavy (non-hydrogen) atoms. The Morgan fingerprint density at radius 2 is 1.50 bits per heavy atom. The maximum absolute atomic E-state index is 12.4. The maximum atomic E-state index is 12.4. The molecule has 0 aliphatic heterocycles. The number of anilines is 2. The van der Waals surface area contributed by atoms with Crippen molar-refractivity contribution in [3.63, 3.8) is 0 Å². The molecule has 0 saturated carbocycles. The fraction of sp³-hybridized carbons (Fsp3) is 0.179. The first-order chi connectivity index (χ1) is 17.4. The van der Waals surface area contributed by atoms with Gasteiger partial charge in [-0.2, -0.15) is 0 Å². The first-order valence-electron chi connectivity index (χ1n) is 11.7. The zero-order chi connectivity index (χ0) is 25.5. The summed E-state index contributed by atoms with van der Waals surface area (Å²) in [7, 11) is 1.89. The molecule has 4 rings (SSSR count). The van der Waals surface area contributed by atoms with E-state index in [4.69, 9.17) is 23.2 Å². The van der Waals surface area contributed by atoms with Crippen molar-refractivity contribution in [1.29, 1.82) is 0 Å². The largest absolute Gasteiger partial charge is 0.323 e. The van der Waals surface area contributed by atoms with Gasteiger partial charge < -0.3 is 15.2 Å². The van der Waals surface area contributed by atoms with Crippen molar-refractivity contribution < 1.29 is 4.79 Å². The lowest BCUT2D eigenvalue weighted by Crippen LogP contribution is -2.19. The molecule has 0 bridgehead atoms. The van der Waals surface area contributed by atoms with Gasteiger partial charge in [0.2, 0.25) is 0 Å². The predicted octanol–water partition coefficient (Wildman–Crippen LogP) is 7.95. The summed E-state index contributed by atoms with van der Waals surface area (Å²) in [4.78, 5) is 12.4. The fourth-order valence-electron chi connectivity index (χ4n) is 3.70. The second-order valence-electron chi connectivity index (χ2n) is 8.37. The molecule has 0 atom stereocenters. The molecule has 6 nitrogen and oxygen atoms in total. The van der Waals surface area contributed by atoms with E-state index in [2.05, 4.69) is 27.8 Å². The molecule has 0 saturated heterocycles. The number of amides is 2. The van der Waals surface area contributed by atoms with Crippen LogP contribution in [0.25, 0.3) is 23.5 Å². The second-order valence-corrected chi connectivity index (χ2v) is 9.18. The smallest absolute Gasteiger partial charge is 0.311 e. The van der Waals surface area contributed by atoms with Crippen LogP contribution < -0.4 is 10.6 Å². The molecular formula is C28H27Cl2N5O. The Morgan fingerprint density at radius 1 is 0.889 bits per heavy atom. The summed E-state index contributed by atoms with van der Waals surface area (Å²) in [6, 6.07) is 20.5. The van der Waals surface area contributed by atoms with Crippen LogP contribution in [-0.4, -0.2) is 20.8 Å². The van der Waals surface area contributed by atoms with E-state index in [1.54, 1.807) is 18.2 Å². The van der Waals surface area contributed by atoms with Crippen LogP contribution in [0.1, 0.15) is 36.7 Å². The second kappa shape index (κ2) is 11.9. The van der Waals surface area contributed by atoms with Crippen LogP contribution in [0.4, 0.5) is 16.2 Å². The molecule has 3 aromatic carbocycles. The molecule has 0 aliphatic rings. The number of hydrogen-bond donors (Lipinski definition) is 2. The molecule has 0 aliphatic carbocycles. The van der Waals surface area contributed by atoms with E-state index in [0.29, 0.717) is 27.4 Å². The summed E-state index contributed by atoms with van der Waals surface area (Å²) in [6.45, 7) is 2.18. The lowest BCUT2D eigenvalue weighted by atomic mass is 10.1. The summed E-state index contributed by atoms with van der Waals surface area (Å²) >= 11 is 12.5. The van der Waals surface area contributed by atoms with Gasteiger partial charge in [-0.1, -0.05) is 54.7 Å². The number of unbranched alkanes of at least 4 members (excludes halogenated alkanes) is 1. The summed E-state index contributed by atoms with van der Waals surface area (Å²) in [5, 5.41) is 15.4. The zero-order valence-electron chi connectivity index (χ0n) is 20.1. The van der Waals surface area contributed by atoms with Crippen LogP contribution in [0.5, 0.6) is 0 Å². The predicted molar refractivity (Wildman–Crippen MR) is 150 cm³/mol. The number of nitrogens with zero attached hydrogens (tertiary/aromatic N) is 3. The first-order valence-corrected chi connectivity index (χ1v) is 12.5. The van der Waals surface area contributed by atoms with E-state index in [1.807, 2.05) is 72.3 Å². The minimum atomic E-state index is -0.298. The van der Waals surface area contributed by atoms with Crippen LogP contribution in [0.3, 0.4) is 0 Å². The molecule has 8 heteroatoms. The summed E-state index contributed by atoms with van der Waals surface area (Å²) in [5.74, 6) is 1.35. The highest BCUT2D eigenvalue weighted by molar-refractivity contribution is 6.37. The molecule has 184 valence electrons. The number of aryl methyl sites for hydroxylation is 1. The molecule has 0 spiro atoms. The standard InChI is InChI=1S/C28H27Cl2N5O/c1-3-4-6-19-9-13-21(14-10-19)31-28(36)32-22-15-11-20(12-16-22)27-34-33-26(35(27)2)18-17-23-24(29)7-5-8-25(23)30/h5,7-18H,3-4,6H2,1-2H3,(H2,31,32,36)/b18-17+. The van der Waals surface area contributed by atoms with Crippen molar-refractivity contribution in [1.82, 2.24) is 14.8 Å². The SMILES string of the molecule is CCCCc1ccc(NC(=O)Nc2ccc(-c3nnc(/C=C/c4c(Cl)cccc4Cl)n3C)cc2)cc1. The number of hydrogen-bond acceptors (Lipinski definition) is 3. The molecule has 2 amide bonds. The van der Waals surface area contributed by atoms with E-state index in [9.17, 15) is 4.79 Å². The van der Waals surface area contributed by atoms with Crippen molar-refractivity contribution in [2.75, 3.05) is 10.6 Å². The maximum Gasteiger partial charge on any atom is 0.323 e. The summed E-state index contributed by atoms with van der Waals surface area (Å²) in [6.07, 6.45) is 7.01. The number of carbonyl (C=O) groups excluding carboxylic acids is 1. The van der Waals surface area contributed by atoms with E-state index in [1.165, 1.54) is 5.56 Å².